The number of sulfone groups is 1. The van der Waals surface area contributed by atoms with Gasteiger partial charge < -0.3 is 0 Å². The third kappa shape index (κ3) is 1.38. The lowest BCUT2D eigenvalue weighted by Crippen LogP contribution is -2.04. The highest BCUT2D eigenvalue weighted by Gasteiger charge is 2.29. The third-order valence-corrected chi connectivity index (χ3v) is 5.53. The van der Waals surface area contributed by atoms with Crippen LogP contribution in [0.1, 0.15) is 4.88 Å². The molecule has 0 aliphatic carbocycles. The second kappa shape index (κ2) is 3.04. The van der Waals surface area contributed by atoms with Crippen molar-refractivity contribution in [2.75, 3.05) is 0 Å². The summed E-state index contributed by atoms with van der Waals surface area (Å²) in [5.41, 5.74) is 0. The van der Waals surface area contributed by atoms with Gasteiger partial charge in [-0.2, -0.15) is 0 Å². The van der Waals surface area contributed by atoms with Crippen LogP contribution >= 0.6 is 27.3 Å². The van der Waals surface area contributed by atoms with Gasteiger partial charge in [-0.3, -0.25) is 0 Å². The molecule has 2 rings (SSSR count). The van der Waals surface area contributed by atoms with E-state index in [9.17, 15) is 8.42 Å². The van der Waals surface area contributed by atoms with E-state index in [1.54, 1.807) is 6.07 Å². The summed E-state index contributed by atoms with van der Waals surface area (Å²) in [7, 11) is -3.35. The highest BCUT2D eigenvalue weighted by molar-refractivity contribution is 9.22. The smallest absolute Gasteiger partial charge is 0.233 e. The average molecular weight is 278 g/mol. The van der Waals surface area contributed by atoms with Gasteiger partial charge in [-0.15, -0.1) is 11.3 Å². The number of aliphatic imine (C=N–C) groups is 1. The molecular formula is C7H4BrNO2S2. The highest BCUT2D eigenvalue weighted by Crippen LogP contribution is 2.31. The lowest BCUT2D eigenvalue weighted by molar-refractivity contribution is 0.617. The van der Waals surface area contributed by atoms with E-state index in [0.29, 0.717) is 0 Å². The second-order valence-corrected chi connectivity index (χ2v) is 6.41. The molecule has 0 unspecified atom stereocenters. The molecule has 1 aromatic rings. The average Bonchev–Trinajstić information content (AvgIpc) is 2.62. The summed E-state index contributed by atoms with van der Waals surface area (Å²) >= 11 is 4.28. The van der Waals surface area contributed by atoms with Crippen LogP contribution in [0.25, 0.3) is 4.91 Å². The molecule has 1 aliphatic rings. The molecule has 3 nitrogen and oxygen atoms in total. The first kappa shape index (κ1) is 9.11. The lowest BCUT2D eigenvalue weighted by atomic mass is 10.4. The van der Waals surface area contributed by atoms with Crippen molar-refractivity contribution in [3.05, 3.63) is 28.6 Å². The molecule has 0 radical (unpaired) electrons. The molecule has 0 saturated carbocycles. The highest BCUT2D eigenvalue weighted by atomic mass is 79.9. The van der Waals surface area contributed by atoms with Crippen molar-refractivity contribution < 1.29 is 8.42 Å². The van der Waals surface area contributed by atoms with Crippen molar-refractivity contribution in [2.45, 2.75) is 0 Å². The molecule has 0 spiro atoms. The second-order valence-electron chi connectivity index (χ2n) is 2.36. The Morgan fingerprint density at radius 3 is 2.69 bits per heavy atom. The summed E-state index contributed by atoms with van der Waals surface area (Å²) in [5.74, 6) is 0. The maximum atomic E-state index is 11.6. The number of hydrogen-bond donors (Lipinski definition) is 0. The van der Waals surface area contributed by atoms with E-state index in [2.05, 4.69) is 20.9 Å². The summed E-state index contributed by atoms with van der Waals surface area (Å²) in [5, 5.41) is 1.83. The minimum Gasteiger partial charge on any atom is -0.236 e. The molecule has 6 heteroatoms. The van der Waals surface area contributed by atoms with Crippen molar-refractivity contribution in [2.24, 2.45) is 4.99 Å². The van der Waals surface area contributed by atoms with E-state index in [1.807, 2.05) is 11.4 Å². The first-order valence-electron chi connectivity index (χ1n) is 3.35. The summed E-state index contributed by atoms with van der Waals surface area (Å²) in [4.78, 5) is 4.71. The molecule has 1 aliphatic heterocycles. The van der Waals surface area contributed by atoms with E-state index in [1.165, 1.54) is 17.5 Å². The van der Waals surface area contributed by atoms with Crippen LogP contribution in [0.15, 0.2) is 28.7 Å². The summed E-state index contributed by atoms with van der Waals surface area (Å²) < 4.78 is 23.1. The molecule has 0 N–H and O–H groups in total. The molecule has 0 aromatic carbocycles. The van der Waals surface area contributed by atoms with E-state index in [4.69, 9.17) is 0 Å². The molecule has 68 valence electrons. The Labute approximate surface area is 87.9 Å². The first-order chi connectivity index (χ1) is 6.12. The zero-order chi connectivity index (χ0) is 9.47. The van der Waals surface area contributed by atoms with Crippen molar-refractivity contribution >= 4 is 46.0 Å². The van der Waals surface area contributed by atoms with Crippen molar-refractivity contribution in [3.8, 4) is 0 Å². The van der Waals surface area contributed by atoms with Crippen LogP contribution in [0.5, 0.6) is 0 Å². The van der Waals surface area contributed by atoms with Gasteiger partial charge in [-0.1, -0.05) is 6.07 Å². The van der Waals surface area contributed by atoms with E-state index in [-0.39, 0.29) is 8.86 Å². The molecule has 1 aromatic heterocycles. The molecular weight excluding hydrogens is 274 g/mol. The maximum Gasteiger partial charge on any atom is 0.233 e. The Morgan fingerprint density at radius 1 is 1.46 bits per heavy atom. The predicted molar refractivity (Wildman–Crippen MR) is 57.6 cm³/mol. The van der Waals surface area contributed by atoms with Gasteiger partial charge in [0.25, 0.3) is 0 Å². The van der Waals surface area contributed by atoms with Crippen LogP contribution in [0, 0.1) is 0 Å². The fourth-order valence-corrected chi connectivity index (χ4v) is 3.58. The fourth-order valence-electron chi connectivity index (χ4n) is 0.954. The van der Waals surface area contributed by atoms with Crippen LogP contribution in [-0.4, -0.2) is 12.4 Å². The number of thiophene rings is 1. The van der Waals surface area contributed by atoms with Crippen LogP contribution in [-0.2, 0) is 9.84 Å². The van der Waals surface area contributed by atoms with Crippen molar-refractivity contribution in [1.82, 2.24) is 0 Å². The topological polar surface area (TPSA) is 46.5 Å². The van der Waals surface area contributed by atoms with Crippen molar-refractivity contribution in [3.63, 3.8) is 0 Å². The van der Waals surface area contributed by atoms with Gasteiger partial charge in [-0.05, 0) is 27.4 Å². The Hall–Kier alpha value is -0.460. The van der Waals surface area contributed by atoms with Crippen LogP contribution in [0.4, 0.5) is 0 Å². The zero-order valence-corrected chi connectivity index (χ0v) is 9.49. The minimum absolute atomic E-state index is 0.0107. The van der Waals surface area contributed by atoms with Crippen LogP contribution < -0.4 is 0 Å². The van der Waals surface area contributed by atoms with Gasteiger partial charge >= 0.3 is 0 Å². The number of rotatable bonds is 1. The Balaban J connectivity index is 2.54. The Morgan fingerprint density at radius 2 is 2.23 bits per heavy atom. The third-order valence-electron chi connectivity index (χ3n) is 1.56. The minimum atomic E-state index is -3.35. The molecule has 0 saturated heterocycles. The molecule has 0 atom stereocenters. The molecule has 0 amide bonds. The number of nitrogens with zero attached hydrogens (tertiary/aromatic N) is 1. The maximum absolute atomic E-state index is 11.6. The summed E-state index contributed by atoms with van der Waals surface area (Å²) in [6.07, 6.45) is 1.37. The Kier molecular flexibility index (Phi) is 2.13. The van der Waals surface area contributed by atoms with Crippen LogP contribution in [0.3, 0.4) is 0 Å². The van der Waals surface area contributed by atoms with E-state index >= 15 is 0 Å². The van der Waals surface area contributed by atoms with Gasteiger partial charge in [0, 0.05) is 11.1 Å². The first-order valence-corrected chi connectivity index (χ1v) is 6.50. The predicted octanol–water partition coefficient (Wildman–Crippen LogP) is 2.23. The molecule has 13 heavy (non-hydrogen) atoms. The molecule has 2 heterocycles. The summed E-state index contributed by atoms with van der Waals surface area (Å²) in [6.45, 7) is 0. The SMILES string of the molecule is O=S1(=O)C(c2cccs2)=CN=C1Br. The van der Waals surface area contributed by atoms with Gasteiger partial charge in [0.1, 0.15) is 4.91 Å². The quantitative estimate of drug-likeness (QED) is 0.790. The summed E-state index contributed by atoms with van der Waals surface area (Å²) in [6, 6.07) is 3.57. The van der Waals surface area contributed by atoms with E-state index in [0.717, 1.165) is 4.88 Å². The fraction of sp³-hybridized carbons (Fsp3) is 0. The number of hydrogen-bond acceptors (Lipinski definition) is 4. The zero-order valence-electron chi connectivity index (χ0n) is 6.27. The lowest BCUT2D eigenvalue weighted by Gasteiger charge is -1.96. The molecule has 0 bridgehead atoms. The monoisotopic (exact) mass is 277 g/mol. The standard InChI is InChI=1S/C7H4BrNO2S2/c8-7-9-4-6(13(7,10)11)5-2-1-3-12-5/h1-4H. The normalized spacial score (nSPS) is 19.8. The van der Waals surface area contributed by atoms with Crippen LogP contribution in [0.2, 0.25) is 0 Å². The largest absolute Gasteiger partial charge is 0.236 e. The van der Waals surface area contributed by atoms with E-state index < -0.39 is 9.84 Å². The number of halogens is 1. The molecule has 0 fully saturated rings. The van der Waals surface area contributed by atoms with Gasteiger partial charge in [0.2, 0.25) is 13.8 Å². The van der Waals surface area contributed by atoms with Gasteiger partial charge in [-0.25, -0.2) is 13.4 Å². The van der Waals surface area contributed by atoms with Gasteiger partial charge in [0.05, 0.1) is 0 Å². The van der Waals surface area contributed by atoms with Crippen molar-refractivity contribution in [1.29, 1.82) is 0 Å². The van der Waals surface area contributed by atoms with Gasteiger partial charge in [0.15, 0.2) is 0 Å². The Bertz CT molecular complexity index is 485.